The molecule has 1 aliphatic rings. The van der Waals surface area contributed by atoms with Crippen molar-refractivity contribution in [1.29, 1.82) is 0 Å². The van der Waals surface area contributed by atoms with Gasteiger partial charge < -0.3 is 4.84 Å². The molecule has 1 heterocycles. The van der Waals surface area contributed by atoms with Crippen molar-refractivity contribution in [3.8, 4) is 0 Å². The van der Waals surface area contributed by atoms with Gasteiger partial charge in [0, 0.05) is 6.54 Å². The number of nitrogens with zero attached hydrogens (tertiary/aromatic N) is 2. The van der Waals surface area contributed by atoms with Crippen molar-refractivity contribution in [3.63, 3.8) is 0 Å². The maximum absolute atomic E-state index is 5.77. The number of hydroxylamine groups is 2. The molecule has 1 aromatic carbocycles. The summed E-state index contributed by atoms with van der Waals surface area (Å²) in [4.78, 5) is 10.4. The van der Waals surface area contributed by atoms with E-state index in [2.05, 4.69) is 28.2 Å². The van der Waals surface area contributed by atoms with Gasteiger partial charge in [0.05, 0.1) is 19.4 Å². The normalized spacial score (nSPS) is 16.8. The fourth-order valence-electron chi connectivity index (χ4n) is 1.81. The molecule has 0 bridgehead atoms. The SMILES string of the molecule is CO/N=C/C1=CCCN(OCc2ccccc2)C1. The Balaban J connectivity index is 1.81. The Labute approximate surface area is 107 Å². The molecule has 4 heteroatoms. The molecule has 1 aliphatic heterocycles. The molecule has 4 nitrogen and oxygen atoms in total. The first-order valence-corrected chi connectivity index (χ1v) is 6.06. The van der Waals surface area contributed by atoms with Crippen LogP contribution in [0.15, 0.2) is 47.1 Å². The van der Waals surface area contributed by atoms with E-state index >= 15 is 0 Å². The maximum Gasteiger partial charge on any atom is 0.106 e. The second-order valence-corrected chi connectivity index (χ2v) is 4.11. The molecule has 0 aromatic heterocycles. The van der Waals surface area contributed by atoms with Gasteiger partial charge in [0.15, 0.2) is 0 Å². The lowest BCUT2D eigenvalue weighted by Crippen LogP contribution is -2.30. The molecule has 0 aliphatic carbocycles. The summed E-state index contributed by atoms with van der Waals surface area (Å²) >= 11 is 0. The largest absolute Gasteiger partial charge is 0.399 e. The highest BCUT2D eigenvalue weighted by atomic mass is 16.7. The van der Waals surface area contributed by atoms with Crippen molar-refractivity contribution in [1.82, 2.24) is 5.06 Å². The fourth-order valence-corrected chi connectivity index (χ4v) is 1.81. The summed E-state index contributed by atoms with van der Waals surface area (Å²) in [5.74, 6) is 0. The first kappa shape index (κ1) is 12.8. The van der Waals surface area contributed by atoms with Crippen LogP contribution in [0.2, 0.25) is 0 Å². The van der Waals surface area contributed by atoms with Crippen LogP contribution in [0.4, 0.5) is 0 Å². The highest BCUT2D eigenvalue weighted by Gasteiger charge is 2.12. The quantitative estimate of drug-likeness (QED) is 0.591. The molecule has 96 valence electrons. The van der Waals surface area contributed by atoms with Gasteiger partial charge in [0.1, 0.15) is 7.11 Å². The number of rotatable bonds is 5. The van der Waals surface area contributed by atoms with Crippen LogP contribution in [-0.4, -0.2) is 31.5 Å². The van der Waals surface area contributed by atoms with Crippen molar-refractivity contribution in [2.45, 2.75) is 13.0 Å². The van der Waals surface area contributed by atoms with Crippen LogP contribution in [0.3, 0.4) is 0 Å². The van der Waals surface area contributed by atoms with Crippen molar-refractivity contribution < 1.29 is 9.68 Å². The number of oxime groups is 1. The first-order chi connectivity index (χ1) is 8.88. The standard InChI is InChI=1S/C14H18N2O2/c1-17-15-10-14-8-5-9-16(11-14)18-12-13-6-3-2-4-7-13/h2-4,6-8,10H,5,9,11-12H2,1H3/b15-10+. The molecule has 0 radical (unpaired) electrons. The van der Waals surface area contributed by atoms with Gasteiger partial charge in [0.2, 0.25) is 0 Å². The molecule has 0 saturated heterocycles. The molecule has 0 spiro atoms. The average Bonchev–Trinajstić information content (AvgIpc) is 2.44. The van der Waals surface area contributed by atoms with Crippen molar-refractivity contribution in [2.75, 3.05) is 20.2 Å². The summed E-state index contributed by atoms with van der Waals surface area (Å²) in [7, 11) is 1.55. The second-order valence-electron chi connectivity index (χ2n) is 4.11. The van der Waals surface area contributed by atoms with E-state index in [1.807, 2.05) is 23.3 Å². The Morgan fingerprint density at radius 3 is 2.94 bits per heavy atom. The van der Waals surface area contributed by atoms with Gasteiger partial charge in [-0.2, -0.15) is 5.06 Å². The van der Waals surface area contributed by atoms with E-state index in [0.717, 1.165) is 25.1 Å². The van der Waals surface area contributed by atoms with Gasteiger partial charge >= 0.3 is 0 Å². The van der Waals surface area contributed by atoms with Crippen LogP contribution < -0.4 is 0 Å². The van der Waals surface area contributed by atoms with Gasteiger partial charge in [-0.1, -0.05) is 41.6 Å². The molecule has 2 rings (SSSR count). The molecule has 18 heavy (non-hydrogen) atoms. The van der Waals surface area contributed by atoms with Gasteiger partial charge in [-0.15, -0.1) is 0 Å². The highest BCUT2D eigenvalue weighted by Crippen LogP contribution is 2.10. The summed E-state index contributed by atoms with van der Waals surface area (Å²) in [6, 6.07) is 10.2. The predicted molar refractivity (Wildman–Crippen MR) is 71.0 cm³/mol. The minimum atomic E-state index is 0.607. The van der Waals surface area contributed by atoms with Crippen molar-refractivity contribution >= 4 is 6.21 Å². The molecular formula is C14H18N2O2. The number of hydrogen-bond donors (Lipinski definition) is 0. The smallest absolute Gasteiger partial charge is 0.106 e. The average molecular weight is 246 g/mol. The molecule has 0 saturated carbocycles. The Morgan fingerprint density at radius 2 is 2.17 bits per heavy atom. The highest BCUT2D eigenvalue weighted by molar-refractivity contribution is 5.78. The zero-order valence-electron chi connectivity index (χ0n) is 10.6. The Bertz CT molecular complexity index is 415. The summed E-state index contributed by atoms with van der Waals surface area (Å²) in [6.07, 6.45) is 4.86. The minimum absolute atomic E-state index is 0.607. The maximum atomic E-state index is 5.77. The summed E-state index contributed by atoms with van der Waals surface area (Å²) in [6.45, 7) is 2.27. The van der Waals surface area contributed by atoms with Gasteiger partial charge in [-0.3, -0.25) is 4.84 Å². The van der Waals surface area contributed by atoms with E-state index < -0.39 is 0 Å². The van der Waals surface area contributed by atoms with E-state index in [1.54, 1.807) is 13.3 Å². The fraction of sp³-hybridized carbons (Fsp3) is 0.357. The second kappa shape index (κ2) is 6.93. The third kappa shape index (κ3) is 3.98. The topological polar surface area (TPSA) is 34.1 Å². The van der Waals surface area contributed by atoms with Crippen molar-refractivity contribution in [3.05, 3.63) is 47.5 Å². The van der Waals surface area contributed by atoms with E-state index in [4.69, 9.17) is 4.84 Å². The Hall–Kier alpha value is -1.65. The van der Waals surface area contributed by atoms with Crippen LogP contribution in [0.1, 0.15) is 12.0 Å². The molecule has 0 atom stereocenters. The lowest BCUT2D eigenvalue weighted by atomic mass is 10.2. The zero-order valence-corrected chi connectivity index (χ0v) is 10.6. The van der Waals surface area contributed by atoms with Crippen LogP contribution in [-0.2, 0) is 16.3 Å². The van der Waals surface area contributed by atoms with E-state index in [-0.39, 0.29) is 0 Å². The lowest BCUT2D eigenvalue weighted by molar-refractivity contribution is -0.164. The molecule has 0 unspecified atom stereocenters. The summed E-state index contributed by atoms with van der Waals surface area (Å²) < 4.78 is 0. The summed E-state index contributed by atoms with van der Waals surface area (Å²) in [5.41, 5.74) is 2.30. The van der Waals surface area contributed by atoms with Crippen LogP contribution in [0.25, 0.3) is 0 Å². The predicted octanol–water partition coefficient (Wildman–Crippen LogP) is 2.38. The molecule has 0 fully saturated rings. The molecule has 0 N–H and O–H groups in total. The Kier molecular flexibility index (Phi) is 4.93. The molecule has 1 aromatic rings. The van der Waals surface area contributed by atoms with Gasteiger partial charge in [-0.05, 0) is 17.6 Å². The van der Waals surface area contributed by atoms with E-state index in [0.29, 0.717) is 6.61 Å². The monoisotopic (exact) mass is 246 g/mol. The third-order valence-electron chi connectivity index (χ3n) is 2.72. The van der Waals surface area contributed by atoms with Crippen molar-refractivity contribution in [2.24, 2.45) is 5.16 Å². The molecular weight excluding hydrogens is 228 g/mol. The van der Waals surface area contributed by atoms with Crippen LogP contribution >= 0.6 is 0 Å². The minimum Gasteiger partial charge on any atom is -0.399 e. The summed E-state index contributed by atoms with van der Waals surface area (Å²) in [5, 5.41) is 5.74. The molecule has 0 amide bonds. The van der Waals surface area contributed by atoms with Gasteiger partial charge in [-0.25, -0.2) is 0 Å². The first-order valence-electron chi connectivity index (χ1n) is 6.06. The third-order valence-corrected chi connectivity index (χ3v) is 2.72. The van der Waals surface area contributed by atoms with Crippen LogP contribution in [0.5, 0.6) is 0 Å². The van der Waals surface area contributed by atoms with Gasteiger partial charge in [0.25, 0.3) is 0 Å². The number of benzene rings is 1. The zero-order chi connectivity index (χ0) is 12.6. The Morgan fingerprint density at radius 1 is 1.33 bits per heavy atom. The van der Waals surface area contributed by atoms with E-state index in [1.165, 1.54) is 5.56 Å². The van der Waals surface area contributed by atoms with E-state index in [9.17, 15) is 0 Å². The van der Waals surface area contributed by atoms with Crippen LogP contribution in [0, 0.1) is 0 Å². The lowest BCUT2D eigenvalue weighted by Gasteiger charge is -2.25. The number of hydrogen-bond acceptors (Lipinski definition) is 4.